The van der Waals surface area contributed by atoms with E-state index in [1.54, 1.807) is 158 Å². The summed E-state index contributed by atoms with van der Waals surface area (Å²) in [4.78, 5) is 100. The molecule has 24 heteroatoms. The van der Waals surface area contributed by atoms with Gasteiger partial charge in [0.25, 0.3) is 11.5 Å². The van der Waals surface area contributed by atoms with Crippen molar-refractivity contribution in [1.29, 1.82) is 5.26 Å². The van der Waals surface area contributed by atoms with Gasteiger partial charge in [0.2, 0.25) is 5.69 Å². The van der Waals surface area contributed by atoms with Crippen LogP contribution in [0.1, 0.15) is 82.2 Å². The van der Waals surface area contributed by atoms with E-state index in [0.717, 1.165) is 54.1 Å². The van der Waals surface area contributed by atoms with E-state index in [-0.39, 0.29) is 54.6 Å². The van der Waals surface area contributed by atoms with Crippen LogP contribution in [-0.2, 0) is 16.2 Å². The summed E-state index contributed by atoms with van der Waals surface area (Å²) in [6.07, 6.45) is 18.4. The molecule has 12 heterocycles. The number of para-hydroxylation sites is 8. The normalized spacial score (nSPS) is 17.0. The number of aliphatic carboxylic acids is 1. The number of nitriles is 1. The van der Waals surface area contributed by atoms with Crippen LogP contribution in [-0.4, -0.2) is 101 Å². The van der Waals surface area contributed by atoms with Gasteiger partial charge < -0.3 is 28.8 Å². The maximum atomic E-state index is 13.6. The van der Waals surface area contributed by atoms with Gasteiger partial charge in [0.05, 0.1) is 107 Å². The summed E-state index contributed by atoms with van der Waals surface area (Å²) in [6, 6.07) is 71.9. The molecule has 0 aliphatic carbocycles. The average molecular weight is 1640 g/mol. The quantitative estimate of drug-likeness (QED) is 0.0756. The zero-order valence-electron chi connectivity index (χ0n) is 61.5. The minimum absolute atomic E-state index is 0.0284. The summed E-state index contributed by atoms with van der Waals surface area (Å²) in [6.45, 7) is 8.73. The lowest BCUT2D eigenvalue weighted by Crippen LogP contribution is -2.47. The number of aromatic nitrogens is 7. The zero-order chi connectivity index (χ0) is 80.0. The number of anilines is 1. The van der Waals surface area contributed by atoms with Crippen LogP contribution in [0.5, 0.6) is 28.7 Å². The minimum atomic E-state index is -1.05. The number of carboxylic acids is 1. The van der Waals surface area contributed by atoms with Crippen molar-refractivity contribution < 1.29 is 52.8 Å². The van der Waals surface area contributed by atoms with Crippen molar-refractivity contribution in [2.75, 3.05) is 31.4 Å². The van der Waals surface area contributed by atoms with Gasteiger partial charge in [-0.25, -0.2) is 9.53 Å². The number of rotatable bonds is 10. The number of hydrazone groups is 1. The van der Waals surface area contributed by atoms with Crippen LogP contribution in [0.15, 0.2) is 308 Å². The Balaban J connectivity index is 0.000000115. The van der Waals surface area contributed by atoms with Crippen molar-refractivity contribution in [2.45, 2.75) is 24.4 Å². The lowest BCUT2D eigenvalue weighted by Gasteiger charge is -2.38. The predicted octanol–water partition coefficient (Wildman–Crippen LogP) is 16.1. The number of fused-ring (bicyclic) bond motifs is 9. The van der Waals surface area contributed by atoms with Crippen LogP contribution in [0.3, 0.4) is 0 Å². The number of hydrogen-bond acceptors (Lipinski definition) is 19. The molecule has 7 aromatic carbocycles. The molecule has 0 fully saturated rings. The monoisotopic (exact) mass is 1640 g/mol. The van der Waals surface area contributed by atoms with Gasteiger partial charge in [-0.2, -0.15) is 20.5 Å². The van der Waals surface area contributed by atoms with Gasteiger partial charge in [0.15, 0.2) is 17.3 Å². The van der Waals surface area contributed by atoms with Crippen molar-refractivity contribution in [2.24, 2.45) is 22.9 Å². The first-order chi connectivity index (χ1) is 56.8. The molecule has 0 spiro atoms. The van der Waals surface area contributed by atoms with E-state index in [1.807, 2.05) is 140 Å². The highest BCUT2D eigenvalue weighted by molar-refractivity contribution is 14.1. The fourth-order valence-corrected chi connectivity index (χ4v) is 15.0. The molecule has 19 rings (SSSR count). The van der Waals surface area contributed by atoms with Gasteiger partial charge in [0.1, 0.15) is 47.7 Å². The third-order valence-electron chi connectivity index (χ3n) is 20.0. The fourth-order valence-electron chi connectivity index (χ4n) is 14.4. The van der Waals surface area contributed by atoms with Gasteiger partial charge in [-0.1, -0.05) is 121 Å². The summed E-state index contributed by atoms with van der Waals surface area (Å²) < 4.78 is 30.9. The van der Waals surface area contributed by atoms with E-state index >= 15 is 0 Å². The molecule has 1 amide bonds. The van der Waals surface area contributed by atoms with E-state index in [0.29, 0.717) is 92.2 Å². The van der Waals surface area contributed by atoms with Crippen molar-refractivity contribution >= 4 is 75.0 Å². The molecule has 6 unspecified atom stereocenters. The average Bonchev–Trinajstić information content (AvgIpc) is 0.744. The fraction of sp³-hybridized carbons (Fsp3) is 0.120. The highest BCUT2D eigenvalue weighted by atomic mass is 127. The van der Waals surface area contributed by atoms with Crippen molar-refractivity contribution in [3.05, 3.63) is 373 Å². The summed E-state index contributed by atoms with van der Waals surface area (Å²) in [5.41, 5.74) is 11.8. The Morgan fingerprint density at radius 2 is 1.05 bits per heavy atom. The second kappa shape index (κ2) is 35.3. The molecular formula is C92H66IN11O12. The van der Waals surface area contributed by atoms with Crippen molar-refractivity contribution in [3.63, 3.8) is 0 Å². The summed E-state index contributed by atoms with van der Waals surface area (Å²) in [7, 11) is 0. The van der Waals surface area contributed by atoms with Crippen LogP contribution in [0.4, 0.5) is 11.4 Å². The van der Waals surface area contributed by atoms with Crippen molar-refractivity contribution in [3.8, 4) is 62.9 Å². The van der Waals surface area contributed by atoms with E-state index < -0.39 is 35.6 Å². The number of halogens is 1. The Morgan fingerprint density at radius 3 is 1.66 bits per heavy atom. The van der Waals surface area contributed by atoms with E-state index in [9.17, 15) is 39.1 Å². The summed E-state index contributed by atoms with van der Waals surface area (Å²) >= 11 is 2.24. The Hall–Kier alpha value is -14.8. The molecule has 13 aromatic rings. The van der Waals surface area contributed by atoms with E-state index in [2.05, 4.69) is 63.5 Å². The molecular weight excluding hydrogens is 1580 g/mol. The zero-order valence-corrected chi connectivity index (χ0v) is 63.7. The largest absolute Gasteiger partial charge is 0.492 e. The van der Waals surface area contributed by atoms with Crippen LogP contribution in [0.2, 0.25) is 0 Å². The number of amides is 1. The third-order valence-corrected chi connectivity index (χ3v) is 20.9. The first kappa shape index (κ1) is 76.6. The second-order valence-electron chi connectivity index (χ2n) is 26.9. The molecule has 6 aliphatic rings. The predicted molar refractivity (Wildman–Crippen MR) is 440 cm³/mol. The van der Waals surface area contributed by atoms with Gasteiger partial charge in [-0.15, -0.1) is 0 Å². The SMILES string of the molecule is N#CC(c1cccnc1)C1COc2ccccc2C1=O.O=C1/C(=C/c2cccnc2)COc2ccccc21.O=C1C(c2cccnc2)C2COc3ccccc3C2=NN1c1ccccc1I.O=C1c2ccccc2OCC1C(C(=O)O)c1cccnc1.[C-]#[N+]c1ccccc1-n1nc2c(c(-c3cccnc3)c1=O)COc1ccccc1-2. The highest BCUT2D eigenvalue weighted by Gasteiger charge is 2.46. The van der Waals surface area contributed by atoms with Gasteiger partial charge in [0, 0.05) is 93.4 Å². The Kier molecular flexibility index (Phi) is 23.3. The van der Waals surface area contributed by atoms with E-state index in [1.165, 1.54) is 10.9 Å². The molecule has 0 saturated carbocycles. The van der Waals surface area contributed by atoms with E-state index in [4.69, 9.17) is 35.4 Å². The number of carbonyl (C=O) groups excluding carboxylic acids is 4. The Bertz CT molecular complexity index is 6090. The number of benzene rings is 7. The molecule has 0 radical (unpaired) electrons. The third kappa shape index (κ3) is 16.2. The van der Waals surface area contributed by atoms with Crippen LogP contribution < -0.4 is 34.3 Å². The number of ether oxygens (including phenoxy) is 5. The van der Waals surface area contributed by atoms with Gasteiger partial charge >= 0.3 is 5.97 Å². The molecule has 568 valence electrons. The smallest absolute Gasteiger partial charge is 0.311 e. The van der Waals surface area contributed by atoms with Crippen LogP contribution >= 0.6 is 22.6 Å². The molecule has 0 bridgehead atoms. The molecule has 23 nitrogen and oxygen atoms in total. The minimum Gasteiger partial charge on any atom is -0.492 e. The maximum Gasteiger partial charge on any atom is 0.311 e. The van der Waals surface area contributed by atoms with Gasteiger partial charge in [-0.05, 0) is 160 Å². The standard InChI is InChI=1S/C23H14N4O2.C22H16IN3O2.C16H12N2O2.C16H13NO4.C15H11NO2/c1-24-18-9-3-4-10-19(18)27-23(28)21(15-7-6-12-25-13-15)17-14-29-20-11-5-2-8-16(20)22(17)26-27;23-17-8-2-3-9-18(17)26-22(27)20(14-6-5-11-24-12-14)16-13-28-19-10-4-1-7-15(19)21(16)25-26;17-8-13(11-4-3-7-18-9-11)14-10-20-15-6-2-1-5-12(15)16(14)19;18-15-11-5-1-2-6-13(11)21-9-12(15)14(16(19)20)10-4-3-7-17-8-10;17-15-12(8-11-4-3-7-16-9-11)10-18-14-6-2-1-5-13(14)15/h2-13H,14H2;1-12,16,20H,13H2;1-7,9,13-14H,10H2;1-8,12,14H,9H2,(H,19,20);1-9H,10H2/b;;;;12-8+. The Morgan fingerprint density at radius 1 is 0.534 bits per heavy atom. The van der Waals surface area contributed by atoms with Crippen LogP contribution in [0, 0.1) is 39.2 Å². The Labute approximate surface area is 678 Å². The topological polar surface area (TPSA) is 295 Å². The first-order valence-electron chi connectivity index (χ1n) is 36.7. The summed E-state index contributed by atoms with van der Waals surface area (Å²) in [5.74, 6) is -1.32. The number of hydrogen-bond donors (Lipinski definition) is 1. The van der Waals surface area contributed by atoms with Gasteiger partial charge in [-0.3, -0.25) is 53.7 Å². The first-order valence-corrected chi connectivity index (χ1v) is 37.8. The lowest BCUT2D eigenvalue weighted by molar-refractivity contribution is -0.140. The van der Waals surface area contributed by atoms with Crippen molar-refractivity contribution in [1.82, 2.24) is 34.7 Å². The molecule has 116 heavy (non-hydrogen) atoms. The van der Waals surface area contributed by atoms with Crippen LogP contribution in [0.25, 0.3) is 39.0 Å². The number of pyridine rings is 5. The number of nitrogens with zero attached hydrogens (tertiary/aromatic N) is 11. The molecule has 6 aromatic heterocycles. The number of ketones is 3. The molecule has 6 aliphatic heterocycles. The maximum absolute atomic E-state index is 13.6. The number of carbonyl (C=O) groups is 5. The molecule has 1 N–H and O–H groups in total. The number of Topliss-reactive ketones (excluding diaryl/α,β-unsaturated/α-hetero) is 3. The highest BCUT2D eigenvalue weighted by Crippen LogP contribution is 2.44. The number of carboxylic acid groups (broad SMARTS) is 1. The lowest BCUT2D eigenvalue weighted by atomic mass is 9.78. The summed E-state index contributed by atoms with van der Waals surface area (Å²) in [5, 5.41) is 30.0. The molecule has 6 atom stereocenters. The molecule has 0 saturated heterocycles. The second-order valence-corrected chi connectivity index (χ2v) is 28.1.